The van der Waals surface area contributed by atoms with Crippen molar-refractivity contribution in [3.63, 3.8) is 0 Å². The lowest BCUT2D eigenvalue weighted by Crippen LogP contribution is -2.37. The van der Waals surface area contributed by atoms with Crippen molar-refractivity contribution < 1.29 is 19.5 Å². The Balaban J connectivity index is 2.81. The highest BCUT2D eigenvalue weighted by atomic mass is 35.5. The third-order valence-corrected chi connectivity index (χ3v) is 2.46. The van der Waals surface area contributed by atoms with E-state index in [1.54, 1.807) is 12.1 Å². The van der Waals surface area contributed by atoms with Crippen LogP contribution in [0.4, 0.5) is 0 Å². The molecule has 0 aliphatic heterocycles. The second kappa shape index (κ2) is 6.00. The van der Waals surface area contributed by atoms with Crippen LogP contribution in [0.3, 0.4) is 0 Å². The van der Waals surface area contributed by atoms with Crippen molar-refractivity contribution >= 4 is 29.8 Å². The summed E-state index contributed by atoms with van der Waals surface area (Å²) < 4.78 is 0. The van der Waals surface area contributed by atoms with Crippen LogP contribution >= 0.6 is 11.6 Å². The van der Waals surface area contributed by atoms with Gasteiger partial charge in [0.2, 0.25) is 6.41 Å². The van der Waals surface area contributed by atoms with Crippen molar-refractivity contribution in [2.24, 2.45) is 0 Å². The smallest absolute Gasteiger partial charge is 0.326 e. The Bertz CT molecular complexity index is 447. The number of rotatable bonds is 6. The molecular weight excluding hydrogens is 246 g/mol. The molecule has 0 radical (unpaired) electrons. The topological polar surface area (TPSA) is 83.5 Å². The van der Waals surface area contributed by atoms with Crippen LogP contribution < -0.4 is 5.32 Å². The van der Waals surface area contributed by atoms with E-state index in [1.165, 1.54) is 12.1 Å². The van der Waals surface area contributed by atoms with E-state index in [1.807, 2.05) is 0 Å². The normalized spacial score (nSPS) is 11.6. The summed E-state index contributed by atoms with van der Waals surface area (Å²) in [6.45, 7) is 0. The van der Waals surface area contributed by atoms with E-state index in [0.29, 0.717) is 0 Å². The zero-order chi connectivity index (χ0) is 12.8. The predicted molar refractivity (Wildman–Crippen MR) is 61.0 cm³/mol. The number of carbonyl (C=O) groups is 3. The molecule has 0 spiro atoms. The van der Waals surface area contributed by atoms with Crippen molar-refractivity contribution in [2.75, 3.05) is 0 Å². The molecule has 17 heavy (non-hydrogen) atoms. The molecule has 0 fully saturated rings. The predicted octanol–water partition coefficient (Wildman–Crippen LogP) is 1.11. The molecule has 1 aromatic carbocycles. The number of aliphatic carboxylic acids is 1. The molecule has 0 saturated carbocycles. The number of carboxylic acids is 1. The number of carbonyl (C=O) groups excluding carboxylic acids is 2. The van der Waals surface area contributed by atoms with Crippen molar-refractivity contribution in [1.29, 1.82) is 0 Å². The number of halogens is 1. The zero-order valence-corrected chi connectivity index (χ0v) is 9.48. The number of hydrogen-bond acceptors (Lipinski definition) is 3. The quantitative estimate of drug-likeness (QED) is 0.589. The molecule has 5 nitrogen and oxygen atoms in total. The standard InChI is InChI=1S/C11H10ClNO4/c12-8-4-2-1-3-7(8)10(15)5-9(11(16)17)13-6-14/h1-4,6,9H,5H2,(H,13,14)(H,16,17). The number of carboxylic acid groups (broad SMARTS) is 1. The van der Waals surface area contributed by atoms with Crippen molar-refractivity contribution in [3.05, 3.63) is 34.9 Å². The fraction of sp³-hybridized carbons (Fsp3) is 0.182. The van der Waals surface area contributed by atoms with Crippen LogP contribution in [0.25, 0.3) is 0 Å². The highest BCUT2D eigenvalue weighted by Crippen LogP contribution is 2.17. The molecule has 1 rings (SSSR count). The van der Waals surface area contributed by atoms with Crippen LogP contribution in [-0.2, 0) is 9.59 Å². The molecule has 2 N–H and O–H groups in total. The molecule has 0 aliphatic carbocycles. The van der Waals surface area contributed by atoms with Crippen LogP contribution in [0.5, 0.6) is 0 Å². The van der Waals surface area contributed by atoms with Crippen LogP contribution in [0.15, 0.2) is 24.3 Å². The Morgan fingerprint density at radius 1 is 1.41 bits per heavy atom. The number of nitrogens with one attached hydrogen (secondary N) is 1. The lowest BCUT2D eigenvalue weighted by molar-refractivity contribution is -0.140. The zero-order valence-electron chi connectivity index (χ0n) is 8.72. The fourth-order valence-electron chi connectivity index (χ4n) is 1.28. The first kappa shape index (κ1) is 13.2. The van der Waals surface area contributed by atoms with E-state index in [9.17, 15) is 14.4 Å². The Morgan fingerprint density at radius 3 is 2.59 bits per heavy atom. The summed E-state index contributed by atoms with van der Waals surface area (Å²) in [5, 5.41) is 11.1. The van der Waals surface area contributed by atoms with Crippen molar-refractivity contribution in [2.45, 2.75) is 12.5 Å². The minimum absolute atomic E-state index is 0.244. The highest BCUT2D eigenvalue weighted by Gasteiger charge is 2.22. The van der Waals surface area contributed by atoms with Crippen molar-refractivity contribution in [3.8, 4) is 0 Å². The molecule has 0 aromatic heterocycles. The second-order valence-corrected chi connectivity index (χ2v) is 3.69. The van der Waals surface area contributed by atoms with E-state index in [4.69, 9.17) is 16.7 Å². The van der Waals surface area contributed by atoms with E-state index >= 15 is 0 Å². The molecule has 1 atom stereocenters. The van der Waals surface area contributed by atoms with Gasteiger partial charge in [0, 0.05) is 12.0 Å². The van der Waals surface area contributed by atoms with Gasteiger partial charge < -0.3 is 10.4 Å². The number of hydrogen-bond donors (Lipinski definition) is 2. The third-order valence-electron chi connectivity index (χ3n) is 2.13. The number of amides is 1. The number of benzene rings is 1. The minimum atomic E-state index is -1.27. The van der Waals surface area contributed by atoms with Crippen LogP contribution in [0, 0.1) is 0 Å². The molecule has 0 aliphatic rings. The Labute approximate surface area is 102 Å². The molecule has 1 unspecified atom stereocenters. The minimum Gasteiger partial charge on any atom is -0.480 e. The maximum atomic E-state index is 11.8. The van der Waals surface area contributed by atoms with Gasteiger partial charge >= 0.3 is 5.97 Å². The summed E-state index contributed by atoms with van der Waals surface area (Å²) in [4.78, 5) is 32.7. The summed E-state index contributed by atoms with van der Waals surface area (Å²) >= 11 is 5.80. The molecule has 1 aromatic rings. The van der Waals surface area contributed by atoms with Gasteiger partial charge in [-0.1, -0.05) is 23.7 Å². The Kier molecular flexibility index (Phi) is 4.66. The van der Waals surface area contributed by atoms with E-state index in [2.05, 4.69) is 5.32 Å². The molecular formula is C11H10ClNO4. The van der Waals surface area contributed by atoms with Gasteiger partial charge in [-0.05, 0) is 12.1 Å². The molecule has 6 heteroatoms. The fourth-order valence-corrected chi connectivity index (χ4v) is 1.52. The SMILES string of the molecule is O=CNC(CC(=O)c1ccccc1Cl)C(=O)O. The summed E-state index contributed by atoms with van der Waals surface area (Å²) in [5.41, 5.74) is 0.244. The summed E-state index contributed by atoms with van der Waals surface area (Å²) in [6.07, 6.45) is -0.0868. The van der Waals surface area contributed by atoms with Gasteiger partial charge in [0.1, 0.15) is 6.04 Å². The number of ketones is 1. The lowest BCUT2D eigenvalue weighted by atomic mass is 10.0. The Hall–Kier alpha value is -1.88. The largest absolute Gasteiger partial charge is 0.480 e. The molecule has 1 amide bonds. The molecule has 90 valence electrons. The first-order chi connectivity index (χ1) is 8.06. The monoisotopic (exact) mass is 255 g/mol. The van der Waals surface area contributed by atoms with Gasteiger partial charge in [0.05, 0.1) is 5.02 Å². The van der Waals surface area contributed by atoms with Crippen LogP contribution in [-0.4, -0.2) is 29.3 Å². The Morgan fingerprint density at radius 2 is 2.06 bits per heavy atom. The van der Waals surface area contributed by atoms with Gasteiger partial charge in [0.15, 0.2) is 5.78 Å². The van der Waals surface area contributed by atoms with Gasteiger partial charge in [-0.3, -0.25) is 9.59 Å². The van der Waals surface area contributed by atoms with Crippen LogP contribution in [0.1, 0.15) is 16.8 Å². The maximum Gasteiger partial charge on any atom is 0.326 e. The average Bonchev–Trinajstić information content (AvgIpc) is 2.28. The molecule has 0 saturated heterocycles. The average molecular weight is 256 g/mol. The third kappa shape index (κ3) is 3.57. The number of Topliss-reactive ketones (excluding diaryl/α,β-unsaturated/α-hetero) is 1. The van der Waals surface area contributed by atoms with Gasteiger partial charge in [0.25, 0.3) is 0 Å². The van der Waals surface area contributed by atoms with Gasteiger partial charge in [-0.25, -0.2) is 4.79 Å². The summed E-state index contributed by atoms with van der Waals surface area (Å²) in [7, 11) is 0. The first-order valence-corrected chi connectivity index (χ1v) is 5.14. The van der Waals surface area contributed by atoms with E-state index in [0.717, 1.165) is 0 Å². The second-order valence-electron chi connectivity index (χ2n) is 3.28. The van der Waals surface area contributed by atoms with E-state index in [-0.39, 0.29) is 23.4 Å². The summed E-state index contributed by atoms with van der Waals surface area (Å²) in [6, 6.07) is 5.10. The highest BCUT2D eigenvalue weighted by molar-refractivity contribution is 6.34. The van der Waals surface area contributed by atoms with E-state index < -0.39 is 17.8 Å². The van der Waals surface area contributed by atoms with Crippen molar-refractivity contribution in [1.82, 2.24) is 5.32 Å². The first-order valence-electron chi connectivity index (χ1n) is 4.76. The van der Waals surface area contributed by atoms with Gasteiger partial charge in [-0.15, -0.1) is 0 Å². The molecule has 0 bridgehead atoms. The van der Waals surface area contributed by atoms with Gasteiger partial charge in [-0.2, -0.15) is 0 Å². The molecule has 0 heterocycles. The lowest BCUT2D eigenvalue weighted by Gasteiger charge is -2.10. The maximum absolute atomic E-state index is 11.8. The van der Waals surface area contributed by atoms with Crippen LogP contribution in [0.2, 0.25) is 5.02 Å². The summed E-state index contributed by atoms with van der Waals surface area (Å²) in [5.74, 6) is -1.70.